The van der Waals surface area contributed by atoms with Crippen molar-refractivity contribution in [1.29, 1.82) is 0 Å². The topological polar surface area (TPSA) is 119 Å². The molecule has 0 fully saturated rings. The number of hydrazine groups is 2. The van der Waals surface area contributed by atoms with Crippen LogP contribution in [0.4, 0.5) is 0 Å². The van der Waals surface area contributed by atoms with Gasteiger partial charge in [-0.2, -0.15) is 0 Å². The molecule has 7 nitrogen and oxygen atoms in total. The van der Waals surface area contributed by atoms with Crippen molar-refractivity contribution >= 4 is 11.8 Å². The third kappa shape index (κ3) is 4.89. The molecule has 0 saturated heterocycles. The Morgan fingerprint density at radius 1 is 0.885 bits per heavy atom. The molecule has 2 rings (SSSR count). The molecule has 138 valence electrons. The molecule has 0 saturated carbocycles. The predicted octanol–water partition coefficient (Wildman–Crippen LogP) is 1.80. The second kappa shape index (κ2) is 9.67. The van der Waals surface area contributed by atoms with Crippen LogP contribution in [-0.4, -0.2) is 18.4 Å². The van der Waals surface area contributed by atoms with E-state index in [1.165, 1.54) is 0 Å². The molecule has 0 aromatic heterocycles. The van der Waals surface area contributed by atoms with Crippen LogP contribution in [0.25, 0.3) is 0 Å². The highest BCUT2D eigenvalue weighted by atomic mass is 16.5. The first-order valence-corrected chi connectivity index (χ1v) is 8.44. The van der Waals surface area contributed by atoms with Gasteiger partial charge in [0.2, 0.25) is 0 Å². The Morgan fingerprint density at radius 2 is 1.31 bits per heavy atom. The number of ether oxygens (including phenoxy) is 1. The number of benzene rings is 2. The minimum atomic E-state index is -0.350. The summed E-state index contributed by atoms with van der Waals surface area (Å²) < 4.78 is 6.06. The maximum atomic E-state index is 11.6. The summed E-state index contributed by atoms with van der Waals surface area (Å²) in [6, 6.07) is 14.1. The number of amides is 2. The van der Waals surface area contributed by atoms with Crippen molar-refractivity contribution in [3.63, 3.8) is 0 Å². The van der Waals surface area contributed by atoms with Crippen LogP contribution in [0.3, 0.4) is 0 Å². The van der Waals surface area contributed by atoms with Gasteiger partial charge in [-0.25, -0.2) is 11.7 Å². The molecule has 26 heavy (non-hydrogen) atoms. The van der Waals surface area contributed by atoms with E-state index in [2.05, 4.69) is 17.8 Å². The molecule has 0 radical (unpaired) electrons. The lowest BCUT2D eigenvalue weighted by molar-refractivity contribution is 0.0777. The van der Waals surface area contributed by atoms with E-state index in [0.717, 1.165) is 24.0 Å². The van der Waals surface area contributed by atoms with E-state index >= 15 is 0 Å². The minimum Gasteiger partial charge on any atom is -0.369 e. The summed E-state index contributed by atoms with van der Waals surface area (Å²) in [6.45, 7) is 2.70. The Bertz CT molecular complexity index is 670. The van der Waals surface area contributed by atoms with E-state index in [1.807, 2.05) is 24.3 Å². The number of nitrogen functional groups attached to an aromatic ring is 2. The summed E-state index contributed by atoms with van der Waals surface area (Å²) >= 11 is 0. The van der Waals surface area contributed by atoms with Gasteiger partial charge >= 0.3 is 0 Å². The number of carbonyl (C=O) groups excluding carboxylic acids is 2. The fourth-order valence-electron chi connectivity index (χ4n) is 2.52. The third-order valence-electron chi connectivity index (χ3n) is 4.00. The number of hydrogen-bond donors (Lipinski definition) is 4. The van der Waals surface area contributed by atoms with Crippen LogP contribution >= 0.6 is 0 Å². The molecule has 0 aliphatic rings. The van der Waals surface area contributed by atoms with Crippen LogP contribution in [0.2, 0.25) is 0 Å². The van der Waals surface area contributed by atoms with Gasteiger partial charge in [0.1, 0.15) is 6.10 Å². The van der Waals surface area contributed by atoms with E-state index < -0.39 is 0 Å². The fourth-order valence-corrected chi connectivity index (χ4v) is 2.52. The molecule has 7 heteroatoms. The second-order valence-electron chi connectivity index (χ2n) is 5.80. The number of nitrogens with two attached hydrogens (primary N) is 2. The van der Waals surface area contributed by atoms with Gasteiger partial charge in [0, 0.05) is 17.7 Å². The fraction of sp³-hybridized carbons (Fsp3) is 0.263. The largest absolute Gasteiger partial charge is 0.369 e. The van der Waals surface area contributed by atoms with Gasteiger partial charge in [0.15, 0.2) is 0 Å². The Balaban J connectivity index is 2.27. The van der Waals surface area contributed by atoms with Crippen molar-refractivity contribution < 1.29 is 14.3 Å². The number of hydrogen-bond acceptors (Lipinski definition) is 5. The maximum Gasteiger partial charge on any atom is 0.265 e. The average molecular weight is 356 g/mol. The Kier molecular flexibility index (Phi) is 7.28. The molecular formula is C19H24N4O3. The zero-order valence-corrected chi connectivity index (χ0v) is 14.7. The quantitative estimate of drug-likeness (QED) is 0.249. The Labute approximate surface area is 152 Å². The van der Waals surface area contributed by atoms with Gasteiger partial charge in [0.05, 0.1) is 0 Å². The molecule has 0 aliphatic heterocycles. The van der Waals surface area contributed by atoms with Crippen molar-refractivity contribution in [2.75, 3.05) is 6.61 Å². The summed E-state index contributed by atoms with van der Waals surface area (Å²) in [4.78, 5) is 23.2. The van der Waals surface area contributed by atoms with Crippen LogP contribution in [0, 0.1) is 0 Å². The molecule has 0 aliphatic carbocycles. The van der Waals surface area contributed by atoms with E-state index in [0.29, 0.717) is 17.7 Å². The normalized spacial score (nSPS) is 10.6. The molecule has 6 N–H and O–H groups in total. The highest BCUT2D eigenvalue weighted by Crippen LogP contribution is 2.27. The number of unbranched alkanes of at least 4 members (excludes halogenated alkanes) is 1. The molecular weight excluding hydrogens is 332 g/mol. The van der Waals surface area contributed by atoms with E-state index in [-0.39, 0.29) is 17.9 Å². The van der Waals surface area contributed by atoms with Crippen molar-refractivity contribution in [2.24, 2.45) is 11.7 Å². The molecule has 0 atom stereocenters. The van der Waals surface area contributed by atoms with Crippen molar-refractivity contribution in [1.82, 2.24) is 10.9 Å². The molecule has 0 heterocycles. The average Bonchev–Trinajstić information content (AvgIpc) is 2.70. The number of nitrogens with one attached hydrogen (secondary N) is 2. The summed E-state index contributed by atoms with van der Waals surface area (Å²) in [7, 11) is 0. The first-order valence-electron chi connectivity index (χ1n) is 8.44. The van der Waals surface area contributed by atoms with Crippen LogP contribution in [0.5, 0.6) is 0 Å². The molecule has 0 unspecified atom stereocenters. The van der Waals surface area contributed by atoms with Crippen LogP contribution < -0.4 is 22.5 Å². The molecule has 2 aromatic carbocycles. The monoisotopic (exact) mass is 356 g/mol. The summed E-state index contributed by atoms with van der Waals surface area (Å²) in [6.07, 6.45) is 1.67. The smallest absolute Gasteiger partial charge is 0.265 e. The lowest BCUT2D eigenvalue weighted by atomic mass is 9.98. The van der Waals surface area contributed by atoms with Crippen LogP contribution in [0.15, 0.2) is 48.5 Å². The highest BCUT2D eigenvalue weighted by molar-refractivity contribution is 5.94. The zero-order chi connectivity index (χ0) is 18.9. The van der Waals surface area contributed by atoms with E-state index in [4.69, 9.17) is 16.4 Å². The molecule has 0 spiro atoms. The van der Waals surface area contributed by atoms with Gasteiger partial charge in [-0.15, -0.1) is 0 Å². The number of rotatable bonds is 8. The molecule has 2 amide bonds. The lowest BCUT2D eigenvalue weighted by Crippen LogP contribution is -2.30. The van der Waals surface area contributed by atoms with Crippen LogP contribution in [0.1, 0.15) is 57.7 Å². The van der Waals surface area contributed by atoms with Crippen molar-refractivity contribution in [3.8, 4) is 0 Å². The Hall–Kier alpha value is -2.74. The van der Waals surface area contributed by atoms with E-state index in [9.17, 15) is 9.59 Å². The van der Waals surface area contributed by atoms with E-state index in [1.54, 1.807) is 24.3 Å². The standard InChI is InChI=1S/C19H24N4O3/c1-2-3-12-26-17(13-4-8-15(9-5-13)18(24)22-20)14-6-10-16(11-7-14)19(25)23-21/h4-11,17H,2-3,12,20-21H2,1H3,(H,22,24)(H,23,25). The molecule has 0 bridgehead atoms. The third-order valence-corrected chi connectivity index (χ3v) is 4.00. The number of carbonyl (C=O) groups is 2. The van der Waals surface area contributed by atoms with Gasteiger partial charge in [-0.3, -0.25) is 20.4 Å². The minimum absolute atomic E-state index is 0.300. The van der Waals surface area contributed by atoms with Crippen LogP contribution in [-0.2, 0) is 4.74 Å². The first-order chi connectivity index (χ1) is 12.6. The first kappa shape index (κ1) is 19.6. The SMILES string of the molecule is CCCCOC(c1ccc(C(=O)NN)cc1)c1ccc(C(=O)NN)cc1. The van der Waals surface area contributed by atoms with Gasteiger partial charge in [0.25, 0.3) is 11.8 Å². The zero-order valence-electron chi connectivity index (χ0n) is 14.7. The Morgan fingerprint density at radius 3 is 1.65 bits per heavy atom. The highest BCUT2D eigenvalue weighted by Gasteiger charge is 2.16. The predicted molar refractivity (Wildman–Crippen MR) is 98.9 cm³/mol. The van der Waals surface area contributed by atoms with Gasteiger partial charge in [-0.1, -0.05) is 37.6 Å². The lowest BCUT2D eigenvalue weighted by Gasteiger charge is -2.19. The summed E-state index contributed by atoms with van der Waals surface area (Å²) in [5, 5.41) is 0. The van der Waals surface area contributed by atoms with Gasteiger partial charge < -0.3 is 4.74 Å². The molecule has 2 aromatic rings. The van der Waals surface area contributed by atoms with Crippen molar-refractivity contribution in [3.05, 3.63) is 70.8 Å². The van der Waals surface area contributed by atoms with Gasteiger partial charge in [-0.05, 0) is 41.8 Å². The summed E-state index contributed by atoms with van der Waals surface area (Å²) in [5.74, 6) is 9.62. The summed E-state index contributed by atoms with van der Waals surface area (Å²) in [5.41, 5.74) is 6.97. The maximum absolute atomic E-state index is 11.6. The second-order valence-corrected chi connectivity index (χ2v) is 5.80. The van der Waals surface area contributed by atoms with Crippen molar-refractivity contribution in [2.45, 2.75) is 25.9 Å².